The molecule has 1 aliphatic carbocycles. The smallest absolute Gasteiger partial charge is 0.0614 e. The molecular weight excluding hydrogens is 218 g/mol. The van der Waals surface area contributed by atoms with Gasteiger partial charge in [-0.2, -0.15) is 0 Å². The van der Waals surface area contributed by atoms with E-state index in [1.807, 2.05) is 0 Å². The van der Waals surface area contributed by atoms with Crippen LogP contribution in [0.3, 0.4) is 0 Å². The second-order valence-electron chi connectivity index (χ2n) is 4.09. The maximum Gasteiger partial charge on any atom is 0.0614 e. The first kappa shape index (κ1) is 11.8. The van der Waals surface area contributed by atoms with Crippen LogP contribution in [0.1, 0.15) is 19.8 Å². The summed E-state index contributed by atoms with van der Waals surface area (Å²) in [6.07, 6.45) is 4.86. The lowest BCUT2D eigenvalue weighted by Gasteiger charge is -2.36. The summed E-state index contributed by atoms with van der Waals surface area (Å²) in [5.41, 5.74) is 1.26. The molecule has 16 heavy (non-hydrogen) atoms. The zero-order chi connectivity index (χ0) is 11.4. The molecule has 1 N–H and O–H groups in total. The Morgan fingerprint density at radius 1 is 1.38 bits per heavy atom. The number of thioether (sulfide) groups is 1. The number of rotatable bonds is 5. The molecule has 0 saturated heterocycles. The fraction of sp³-hybridized carbons (Fsp3) is 0.538. The van der Waals surface area contributed by atoms with E-state index in [4.69, 9.17) is 4.74 Å². The van der Waals surface area contributed by atoms with Crippen molar-refractivity contribution < 1.29 is 4.74 Å². The van der Waals surface area contributed by atoms with Crippen LogP contribution in [0.15, 0.2) is 29.2 Å². The fourth-order valence-electron chi connectivity index (χ4n) is 2.04. The Morgan fingerprint density at radius 2 is 2.12 bits per heavy atom. The number of benzene rings is 1. The number of para-hydroxylation sites is 1. The third kappa shape index (κ3) is 2.71. The van der Waals surface area contributed by atoms with Crippen LogP contribution in [0.5, 0.6) is 0 Å². The van der Waals surface area contributed by atoms with Gasteiger partial charge in [-0.25, -0.2) is 0 Å². The summed E-state index contributed by atoms with van der Waals surface area (Å²) in [5.74, 6) is 0. The van der Waals surface area contributed by atoms with Crippen molar-refractivity contribution in [2.45, 2.75) is 36.8 Å². The summed E-state index contributed by atoms with van der Waals surface area (Å²) in [7, 11) is 0. The Hall–Kier alpha value is -0.670. The summed E-state index contributed by atoms with van der Waals surface area (Å²) < 4.78 is 5.56. The highest BCUT2D eigenvalue weighted by Crippen LogP contribution is 2.31. The highest BCUT2D eigenvalue weighted by Gasteiger charge is 2.29. The van der Waals surface area contributed by atoms with E-state index in [-0.39, 0.29) is 0 Å². The Balaban J connectivity index is 1.86. The molecule has 1 aliphatic rings. The second-order valence-corrected chi connectivity index (χ2v) is 4.94. The van der Waals surface area contributed by atoms with E-state index >= 15 is 0 Å². The van der Waals surface area contributed by atoms with Gasteiger partial charge in [0.1, 0.15) is 0 Å². The average molecular weight is 237 g/mol. The molecule has 2 rings (SSSR count). The Morgan fingerprint density at radius 3 is 2.81 bits per heavy atom. The van der Waals surface area contributed by atoms with E-state index < -0.39 is 0 Å². The minimum Gasteiger partial charge on any atom is -0.381 e. The molecule has 0 spiro atoms. The minimum absolute atomic E-state index is 0.476. The van der Waals surface area contributed by atoms with Gasteiger partial charge in [-0.3, -0.25) is 0 Å². The highest BCUT2D eigenvalue weighted by molar-refractivity contribution is 7.98. The number of nitrogens with one attached hydrogen (secondary N) is 1. The van der Waals surface area contributed by atoms with Crippen molar-refractivity contribution in [1.82, 2.24) is 0 Å². The van der Waals surface area contributed by atoms with Crippen LogP contribution in [0, 0.1) is 0 Å². The molecule has 0 unspecified atom stereocenters. The number of hydrogen-bond donors (Lipinski definition) is 1. The number of hydrogen-bond acceptors (Lipinski definition) is 3. The molecule has 0 atom stereocenters. The molecule has 0 radical (unpaired) electrons. The van der Waals surface area contributed by atoms with E-state index in [1.165, 1.54) is 10.6 Å². The van der Waals surface area contributed by atoms with Gasteiger partial charge in [-0.05, 0) is 38.2 Å². The van der Waals surface area contributed by atoms with Crippen molar-refractivity contribution in [2.75, 3.05) is 18.2 Å². The van der Waals surface area contributed by atoms with E-state index in [2.05, 4.69) is 42.8 Å². The molecule has 0 heterocycles. The normalized spacial score (nSPS) is 23.9. The van der Waals surface area contributed by atoms with Gasteiger partial charge in [0.2, 0.25) is 0 Å². The van der Waals surface area contributed by atoms with Crippen molar-refractivity contribution in [3.05, 3.63) is 24.3 Å². The molecule has 88 valence electrons. The van der Waals surface area contributed by atoms with Crippen LogP contribution in [-0.2, 0) is 4.74 Å². The van der Waals surface area contributed by atoms with Gasteiger partial charge in [0.05, 0.1) is 6.10 Å². The SMILES string of the molecule is CCOC1CC(Nc2ccccc2SC)C1. The van der Waals surface area contributed by atoms with E-state index in [0.29, 0.717) is 12.1 Å². The molecule has 0 bridgehead atoms. The van der Waals surface area contributed by atoms with Crippen molar-refractivity contribution in [3.63, 3.8) is 0 Å². The molecule has 0 aromatic heterocycles. The van der Waals surface area contributed by atoms with Gasteiger partial charge < -0.3 is 10.1 Å². The Bertz CT molecular complexity index is 336. The van der Waals surface area contributed by atoms with Gasteiger partial charge in [0.25, 0.3) is 0 Å². The van der Waals surface area contributed by atoms with E-state index in [1.54, 1.807) is 11.8 Å². The van der Waals surface area contributed by atoms with Crippen LogP contribution in [-0.4, -0.2) is 25.0 Å². The summed E-state index contributed by atoms with van der Waals surface area (Å²) in [6, 6.07) is 9.07. The van der Waals surface area contributed by atoms with Gasteiger partial charge in [0.15, 0.2) is 0 Å². The lowest BCUT2D eigenvalue weighted by molar-refractivity contribution is 0.00295. The first-order chi connectivity index (χ1) is 7.83. The lowest BCUT2D eigenvalue weighted by Crippen LogP contribution is -2.40. The van der Waals surface area contributed by atoms with E-state index in [9.17, 15) is 0 Å². The lowest BCUT2D eigenvalue weighted by atomic mass is 9.89. The van der Waals surface area contributed by atoms with Gasteiger partial charge in [-0.1, -0.05) is 12.1 Å². The molecule has 2 nitrogen and oxygen atoms in total. The maximum atomic E-state index is 5.56. The summed E-state index contributed by atoms with van der Waals surface area (Å²) in [4.78, 5) is 1.32. The van der Waals surface area contributed by atoms with Crippen LogP contribution in [0.25, 0.3) is 0 Å². The second kappa shape index (κ2) is 5.60. The molecule has 1 aromatic carbocycles. The maximum absolute atomic E-state index is 5.56. The first-order valence-corrected chi connectivity index (χ1v) is 7.07. The largest absolute Gasteiger partial charge is 0.381 e. The van der Waals surface area contributed by atoms with Gasteiger partial charge in [-0.15, -0.1) is 11.8 Å². The molecule has 1 fully saturated rings. The van der Waals surface area contributed by atoms with Gasteiger partial charge >= 0.3 is 0 Å². The topological polar surface area (TPSA) is 21.3 Å². The summed E-state index contributed by atoms with van der Waals surface area (Å²) in [6.45, 7) is 2.89. The highest BCUT2D eigenvalue weighted by atomic mass is 32.2. The van der Waals surface area contributed by atoms with Crippen LogP contribution in [0.2, 0.25) is 0 Å². The molecule has 1 aromatic rings. The van der Waals surface area contributed by atoms with Crippen LogP contribution < -0.4 is 5.32 Å². The third-order valence-corrected chi connectivity index (χ3v) is 3.76. The third-order valence-electron chi connectivity index (χ3n) is 2.96. The zero-order valence-corrected chi connectivity index (χ0v) is 10.7. The fourth-order valence-corrected chi connectivity index (χ4v) is 2.60. The number of ether oxygens (including phenoxy) is 1. The molecular formula is C13H19NOS. The van der Waals surface area contributed by atoms with Crippen molar-refractivity contribution >= 4 is 17.4 Å². The predicted octanol–water partition coefficient (Wildman–Crippen LogP) is 3.39. The van der Waals surface area contributed by atoms with E-state index in [0.717, 1.165) is 19.4 Å². The van der Waals surface area contributed by atoms with Gasteiger partial charge in [0, 0.05) is 23.2 Å². The average Bonchev–Trinajstić information content (AvgIpc) is 2.27. The Labute approximate surface area is 102 Å². The zero-order valence-electron chi connectivity index (χ0n) is 9.90. The van der Waals surface area contributed by atoms with Crippen molar-refractivity contribution in [1.29, 1.82) is 0 Å². The Kier molecular flexibility index (Phi) is 4.13. The first-order valence-electron chi connectivity index (χ1n) is 5.84. The molecule has 0 aliphatic heterocycles. The van der Waals surface area contributed by atoms with Crippen LogP contribution >= 0.6 is 11.8 Å². The van der Waals surface area contributed by atoms with Crippen LogP contribution in [0.4, 0.5) is 5.69 Å². The number of anilines is 1. The van der Waals surface area contributed by atoms with Crippen molar-refractivity contribution in [2.24, 2.45) is 0 Å². The summed E-state index contributed by atoms with van der Waals surface area (Å²) >= 11 is 1.79. The minimum atomic E-state index is 0.476. The molecule has 3 heteroatoms. The monoisotopic (exact) mass is 237 g/mol. The molecule has 1 saturated carbocycles. The van der Waals surface area contributed by atoms with Crippen molar-refractivity contribution in [3.8, 4) is 0 Å². The quantitative estimate of drug-likeness (QED) is 0.793. The molecule has 0 amide bonds. The summed E-state index contributed by atoms with van der Waals surface area (Å²) in [5, 5.41) is 3.59. The predicted molar refractivity (Wildman–Crippen MR) is 70.3 cm³/mol. The standard InChI is InChI=1S/C13H19NOS/c1-3-15-11-8-10(9-11)14-12-6-4-5-7-13(12)16-2/h4-7,10-11,14H,3,8-9H2,1-2H3.